The van der Waals surface area contributed by atoms with Crippen LogP contribution in [0.1, 0.15) is 25.0 Å². The largest absolute Gasteiger partial charge is 0.459 e. The van der Waals surface area contributed by atoms with Gasteiger partial charge in [-0.15, -0.1) is 0 Å². The van der Waals surface area contributed by atoms with E-state index in [2.05, 4.69) is 5.32 Å². The Labute approximate surface area is 123 Å². The van der Waals surface area contributed by atoms with Crippen LogP contribution in [0.2, 0.25) is 0 Å². The summed E-state index contributed by atoms with van der Waals surface area (Å²) in [4.78, 5) is 13.9. The molecule has 0 saturated carbocycles. The van der Waals surface area contributed by atoms with Crippen molar-refractivity contribution < 1.29 is 14.3 Å². The molecule has 3 rings (SSSR count). The fraction of sp³-hybridized carbons (Fsp3) is 0.438. The summed E-state index contributed by atoms with van der Waals surface area (Å²) in [6.45, 7) is 1.09. The van der Waals surface area contributed by atoms with Gasteiger partial charge in [0.15, 0.2) is 0 Å². The van der Waals surface area contributed by atoms with Gasteiger partial charge in [-0.05, 0) is 31.4 Å². The van der Waals surface area contributed by atoms with Crippen LogP contribution in [0.4, 0.5) is 4.79 Å². The van der Waals surface area contributed by atoms with Crippen molar-refractivity contribution >= 4 is 17.0 Å². The highest BCUT2D eigenvalue weighted by Gasteiger charge is 2.25. The summed E-state index contributed by atoms with van der Waals surface area (Å²) >= 11 is 0. The molecule has 1 aromatic carbocycles. The van der Waals surface area contributed by atoms with Gasteiger partial charge in [0.1, 0.15) is 11.3 Å². The lowest BCUT2D eigenvalue weighted by molar-refractivity contribution is 0.107. The highest BCUT2D eigenvalue weighted by atomic mass is 16.3. The van der Waals surface area contributed by atoms with Crippen LogP contribution in [0.3, 0.4) is 0 Å². The summed E-state index contributed by atoms with van der Waals surface area (Å²) in [7, 11) is 0. The van der Waals surface area contributed by atoms with E-state index in [1.807, 2.05) is 30.3 Å². The van der Waals surface area contributed by atoms with Crippen molar-refractivity contribution in [2.24, 2.45) is 0 Å². The van der Waals surface area contributed by atoms with Crippen LogP contribution in [-0.2, 0) is 6.54 Å². The molecular formula is C16H20N2O3. The summed E-state index contributed by atoms with van der Waals surface area (Å²) in [5, 5.41) is 13.3. The third-order valence-electron chi connectivity index (χ3n) is 3.99. The molecule has 2 amide bonds. The average molecular weight is 288 g/mol. The number of urea groups is 1. The number of nitrogens with one attached hydrogen (secondary N) is 1. The molecule has 5 nitrogen and oxygen atoms in total. The van der Waals surface area contributed by atoms with Crippen LogP contribution in [0.5, 0.6) is 0 Å². The third-order valence-corrected chi connectivity index (χ3v) is 3.99. The van der Waals surface area contributed by atoms with E-state index >= 15 is 0 Å². The molecule has 0 unspecified atom stereocenters. The Balaban J connectivity index is 1.62. The molecule has 2 N–H and O–H groups in total. The molecule has 5 heteroatoms. The van der Waals surface area contributed by atoms with Gasteiger partial charge < -0.3 is 19.7 Å². The van der Waals surface area contributed by atoms with E-state index < -0.39 is 0 Å². The average Bonchev–Trinajstić information content (AvgIpc) is 2.95. The van der Waals surface area contributed by atoms with Gasteiger partial charge in [-0.1, -0.05) is 18.2 Å². The van der Waals surface area contributed by atoms with Crippen LogP contribution >= 0.6 is 0 Å². The highest BCUT2D eigenvalue weighted by molar-refractivity contribution is 5.78. The minimum absolute atomic E-state index is 0.0259. The van der Waals surface area contributed by atoms with Crippen molar-refractivity contribution in [3.8, 4) is 0 Å². The molecule has 2 aromatic rings. The van der Waals surface area contributed by atoms with Crippen molar-refractivity contribution in [2.75, 3.05) is 13.2 Å². The van der Waals surface area contributed by atoms with E-state index in [4.69, 9.17) is 4.42 Å². The second kappa shape index (κ2) is 6.18. The fourth-order valence-corrected chi connectivity index (χ4v) is 2.85. The minimum atomic E-state index is -0.130. The van der Waals surface area contributed by atoms with Crippen LogP contribution in [0.15, 0.2) is 34.7 Å². The molecule has 2 heterocycles. The molecule has 0 spiro atoms. The van der Waals surface area contributed by atoms with Gasteiger partial charge in [-0.2, -0.15) is 0 Å². The molecule has 1 saturated heterocycles. The molecule has 1 aliphatic heterocycles. The topological polar surface area (TPSA) is 65.7 Å². The maximum Gasteiger partial charge on any atom is 0.318 e. The monoisotopic (exact) mass is 288 g/mol. The number of aliphatic hydroxyl groups is 1. The van der Waals surface area contributed by atoms with Gasteiger partial charge in [0.25, 0.3) is 0 Å². The number of carbonyl (C=O) groups is 1. The second-order valence-electron chi connectivity index (χ2n) is 5.43. The number of para-hydroxylation sites is 1. The van der Waals surface area contributed by atoms with Gasteiger partial charge in [-0.25, -0.2) is 4.79 Å². The van der Waals surface area contributed by atoms with Crippen molar-refractivity contribution in [3.63, 3.8) is 0 Å². The zero-order valence-electron chi connectivity index (χ0n) is 11.9. The van der Waals surface area contributed by atoms with Gasteiger partial charge in [0, 0.05) is 11.9 Å². The molecule has 1 fully saturated rings. The number of amides is 2. The van der Waals surface area contributed by atoms with Crippen molar-refractivity contribution in [1.82, 2.24) is 10.2 Å². The first-order valence-corrected chi connectivity index (χ1v) is 7.40. The SMILES string of the molecule is O=C(NCc1cc2ccccc2o1)N1CCCC[C@@H]1CO. The van der Waals surface area contributed by atoms with E-state index in [0.717, 1.165) is 36.0 Å². The standard InChI is InChI=1S/C16H20N2O3/c19-11-13-6-3-4-8-18(13)16(20)17-10-14-9-12-5-1-2-7-15(12)21-14/h1-2,5,7,9,13,19H,3-4,6,8,10-11H2,(H,17,20)/t13-/m1/s1. The number of furan rings is 1. The minimum Gasteiger partial charge on any atom is -0.459 e. The van der Waals surface area contributed by atoms with Gasteiger partial charge in [0.2, 0.25) is 0 Å². The number of hydrogen-bond donors (Lipinski definition) is 2. The van der Waals surface area contributed by atoms with Crippen LogP contribution in [0, 0.1) is 0 Å². The summed E-state index contributed by atoms with van der Waals surface area (Å²) in [6, 6.07) is 9.52. The van der Waals surface area contributed by atoms with Crippen LogP contribution in [-0.4, -0.2) is 35.2 Å². The number of rotatable bonds is 3. The summed E-state index contributed by atoms with van der Waals surface area (Å²) in [5.74, 6) is 0.738. The van der Waals surface area contributed by atoms with E-state index in [1.165, 1.54) is 0 Å². The molecule has 0 radical (unpaired) electrons. The fourth-order valence-electron chi connectivity index (χ4n) is 2.85. The number of benzene rings is 1. The molecule has 0 aliphatic carbocycles. The van der Waals surface area contributed by atoms with Crippen LogP contribution < -0.4 is 5.32 Å². The Morgan fingerprint density at radius 1 is 1.38 bits per heavy atom. The molecule has 0 bridgehead atoms. The number of aliphatic hydroxyl groups excluding tert-OH is 1. The van der Waals surface area contributed by atoms with Crippen molar-refractivity contribution in [3.05, 3.63) is 36.1 Å². The molecule has 1 aliphatic rings. The zero-order chi connectivity index (χ0) is 14.7. The third kappa shape index (κ3) is 3.03. The zero-order valence-corrected chi connectivity index (χ0v) is 11.9. The number of piperidine rings is 1. The van der Waals surface area contributed by atoms with Gasteiger partial charge >= 0.3 is 6.03 Å². The van der Waals surface area contributed by atoms with E-state index in [0.29, 0.717) is 13.1 Å². The van der Waals surface area contributed by atoms with E-state index in [1.54, 1.807) is 4.90 Å². The number of nitrogens with zero attached hydrogens (tertiary/aromatic N) is 1. The number of likely N-dealkylation sites (tertiary alicyclic amines) is 1. The molecule has 1 atom stereocenters. The maximum absolute atomic E-state index is 12.2. The Morgan fingerprint density at radius 2 is 2.24 bits per heavy atom. The molecule has 112 valence electrons. The summed E-state index contributed by atoms with van der Waals surface area (Å²) in [5.41, 5.74) is 0.827. The number of carbonyl (C=O) groups excluding carboxylic acids is 1. The predicted octanol–water partition coefficient (Wildman–Crippen LogP) is 2.49. The molecule has 21 heavy (non-hydrogen) atoms. The van der Waals surface area contributed by atoms with Crippen LogP contribution in [0.25, 0.3) is 11.0 Å². The van der Waals surface area contributed by atoms with Gasteiger partial charge in [-0.3, -0.25) is 0 Å². The maximum atomic E-state index is 12.2. The lowest BCUT2D eigenvalue weighted by atomic mass is 10.0. The predicted molar refractivity (Wildman–Crippen MR) is 79.9 cm³/mol. The Morgan fingerprint density at radius 3 is 3.05 bits per heavy atom. The summed E-state index contributed by atoms with van der Waals surface area (Å²) in [6.07, 6.45) is 2.93. The second-order valence-corrected chi connectivity index (χ2v) is 5.43. The first-order chi connectivity index (χ1) is 10.3. The summed E-state index contributed by atoms with van der Waals surface area (Å²) < 4.78 is 5.68. The van der Waals surface area contributed by atoms with Crippen molar-refractivity contribution in [2.45, 2.75) is 31.8 Å². The molecule has 1 aromatic heterocycles. The quantitative estimate of drug-likeness (QED) is 0.912. The number of fused-ring (bicyclic) bond motifs is 1. The number of hydrogen-bond acceptors (Lipinski definition) is 3. The Hall–Kier alpha value is -2.01. The highest BCUT2D eigenvalue weighted by Crippen LogP contribution is 2.19. The Kier molecular flexibility index (Phi) is 4.10. The van der Waals surface area contributed by atoms with E-state index in [9.17, 15) is 9.90 Å². The first kappa shape index (κ1) is 13.9. The van der Waals surface area contributed by atoms with E-state index in [-0.39, 0.29) is 18.7 Å². The smallest absolute Gasteiger partial charge is 0.318 e. The molecular weight excluding hydrogens is 268 g/mol. The normalized spacial score (nSPS) is 18.9. The Bertz CT molecular complexity index is 590. The first-order valence-electron chi connectivity index (χ1n) is 7.40. The lowest BCUT2D eigenvalue weighted by Gasteiger charge is -2.34. The lowest BCUT2D eigenvalue weighted by Crippen LogP contribution is -2.49. The van der Waals surface area contributed by atoms with Gasteiger partial charge in [0.05, 0.1) is 19.2 Å². The van der Waals surface area contributed by atoms with Crippen molar-refractivity contribution in [1.29, 1.82) is 0 Å².